The molecule has 0 unspecified atom stereocenters. The normalized spacial score (nSPS) is 11.7. The van der Waals surface area contributed by atoms with Gasteiger partial charge < -0.3 is 19.6 Å². The third-order valence-corrected chi connectivity index (χ3v) is 5.77. The maximum absolute atomic E-state index is 12.6. The second-order valence-corrected chi connectivity index (χ2v) is 8.25. The minimum absolute atomic E-state index is 0.160. The van der Waals surface area contributed by atoms with E-state index >= 15 is 0 Å². The zero-order chi connectivity index (χ0) is 24.8. The third kappa shape index (κ3) is 5.95. The maximum atomic E-state index is 12.6. The lowest BCUT2D eigenvalue weighted by Gasteiger charge is -2.15. The fourth-order valence-corrected chi connectivity index (χ4v) is 3.90. The Labute approximate surface area is 202 Å². The van der Waals surface area contributed by atoms with Crippen molar-refractivity contribution in [2.75, 3.05) is 6.61 Å². The predicted molar refractivity (Wildman–Crippen MR) is 132 cm³/mol. The van der Waals surface area contributed by atoms with Crippen molar-refractivity contribution in [3.8, 4) is 5.75 Å². The molecule has 0 aliphatic rings. The van der Waals surface area contributed by atoms with Crippen LogP contribution in [-0.4, -0.2) is 29.6 Å². The topological polar surface area (TPSA) is 106 Å². The van der Waals surface area contributed by atoms with Gasteiger partial charge in [-0.15, -0.1) is 0 Å². The first-order chi connectivity index (χ1) is 16.9. The number of fused-ring (bicyclic) bond motifs is 1. The monoisotopic (exact) mass is 471 g/mol. The molecular weight excluding hydrogens is 446 g/mol. The molecule has 1 amide bonds. The van der Waals surface area contributed by atoms with E-state index in [-0.39, 0.29) is 13.0 Å². The summed E-state index contributed by atoms with van der Waals surface area (Å²) in [7, 11) is 0. The van der Waals surface area contributed by atoms with Crippen LogP contribution >= 0.6 is 0 Å². The van der Waals surface area contributed by atoms with E-state index in [2.05, 4.69) is 5.32 Å². The molecule has 0 saturated heterocycles. The van der Waals surface area contributed by atoms with Crippen LogP contribution in [0.1, 0.15) is 22.3 Å². The third-order valence-electron chi connectivity index (χ3n) is 5.77. The Hall–Kier alpha value is -4.39. The van der Waals surface area contributed by atoms with Crippen molar-refractivity contribution in [1.29, 1.82) is 0 Å². The van der Waals surface area contributed by atoms with Crippen molar-refractivity contribution in [2.24, 2.45) is 0 Å². The van der Waals surface area contributed by atoms with Gasteiger partial charge in [-0.3, -0.25) is 4.79 Å². The number of carboxylic acids is 1. The number of carbonyl (C=O) groups excluding carboxylic acids is 1. The van der Waals surface area contributed by atoms with Gasteiger partial charge in [0.15, 0.2) is 6.61 Å². The van der Waals surface area contributed by atoms with Crippen LogP contribution in [-0.2, 0) is 22.4 Å². The first-order valence-corrected chi connectivity index (χ1v) is 11.2. The summed E-state index contributed by atoms with van der Waals surface area (Å²) in [6.45, 7) is 1.50. The molecule has 0 bridgehead atoms. The smallest absolute Gasteiger partial charge is 0.340 e. The molecule has 4 rings (SSSR count). The van der Waals surface area contributed by atoms with E-state index in [1.54, 1.807) is 30.3 Å². The van der Waals surface area contributed by atoms with Crippen molar-refractivity contribution in [1.82, 2.24) is 5.32 Å². The lowest BCUT2D eigenvalue weighted by Crippen LogP contribution is -2.44. The minimum Gasteiger partial charge on any atom is -0.484 e. The van der Waals surface area contributed by atoms with E-state index in [0.29, 0.717) is 23.3 Å². The first kappa shape index (κ1) is 23.8. The maximum Gasteiger partial charge on any atom is 0.340 e. The van der Waals surface area contributed by atoms with Crippen molar-refractivity contribution < 1.29 is 23.8 Å². The van der Waals surface area contributed by atoms with E-state index in [1.165, 1.54) is 0 Å². The molecule has 1 heterocycles. The lowest BCUT2D eigenvalue weighted by molar-refractivity contribution is -0.142. The van der Waals surface area contributed by atoms with Crippen LogP contribution < -0.4 is 15.7 Å². The number of aryl methyl sites for hydroxylation is 1. The van der Waals surface area contributed by atoms with Crippen LogP contribution in [0.25, 0.3) is 11.0 Å². The second-order valence-electron chi connectivity index (χ2n) is 8.25. The zero-order valence-corrected chi connectivity index (χ0v) is 19.2. The zero-order valence-electron chi connectivity index (χ0n) is 19.2. The van der Waals surface area contributed by atoms with Gasteiger partial charge in [-0.2, -0.15) is 0 Å². The summed E-state index contributed by atoms with van der Waals surface area (Å²) >= 11 is 0. The largest absolute Gasteiger partial charge is 0.484 e. The Morgan fingerprint density at radius 1 is 0.971 bits per heavy atom. The second kappa shape index (κ2) is 10.7. The Balaban J connectivity index is 1.43. The van der Waals surface area contributed by atoms with Gasteiger partial charge in [0, 0.05) is 29.9 Å². The summed E-state index contributed by atoms with van der Waals surface area (Å²) in [4.78, 5) is 36.6. The van der Waals surface area contributed by atoms with Gasteiger partial charge in [-0.1, -0.05) is 60.7 Å². The van der Waals surface area contributed by atoms with Gasteiger partial charge >= 0.3 is 11.6 Å². The Morgan fingerprint density at radius 2 is 1.63 bits per heavy atom. The number of nitrogens with one attached hydrogen (secondary N) is 1. The number of hydrogen-bond acceptors (Lipinski definition) is 5. The molecule has 0 radical (unpaired) electrons. The molecule has 7 nitrogen and oxygen atoms in total. The van der Waals surface area contributed by atoms with Gasteiger partial charge in [0.25, 0.3) is 5.91 Å². The number of hydrogen-bond donors (Lipinski definition) is 2. The summed E-state index contributed by atoms with van der Waals surface area (Å²) in [5.74, 6) is -1.36. The molecule has 3 aromatic carbocycles. The fourth-order valence-electron chi connectivity index (χ4n) is 3.90. The van der Waals surface area contributed by atoms with Crippen molar-refractivity contribution in [3.63, 3.8) is 0 Å². The standard InChI is InChI=1S/C28H25NO6/c1-18-22-13-12-21(16-25(22)35-28(33)23(18)14-19-8-4-2-5-9-19)34-17-26(30)29-24(27(31)32)15-20-10-6-3-7-11-20/h2-13,16,24H,14-15,17H2,1H3,(H,29,30)(H,31,32)/t24-/m1/s1. The van der Waals surface area contributed by atoms with Gasteiger partial charge in [-0.05, 0) is 35.7 Å². The highest BCUT2D eigenvalue weighted by molar-refractivity contribution is 5.85. The SMILES string of the molecule is Cc1c(Cc2ccccc2)c(=O)oc2cc(OCC(=O)N[C@H](Cc3ccccc3)C(=O)O)ccc12. The highest BCUT2D eigenvalue weighted by Crippen LogP contribution is 2.25. The molecule has 1 aromatic heterocycles. The van der Waals surface area contributed by atoms with E-state index in [1.807, 2.05) is 55.5 Å². The highest BCUT2D eigenvalue weighted by atomic mass is 16.5. The molecule has 0 aliphatic heterocycles. The van der Waals surface area contributed by atoms with E-state index in [4.69, 9.17) is 9.15 Å². The number of rotatable bonds is 9. The predicted octanol–water partition coefficient (Wildman–Crippen LogP) is 3.88. The average Bonchev–Trinajstić information content (AvgIpc) is 2.86. The number of carboxylic acid groups (broad SMARTS) is 1. The number of benzene rings is 3. The average molecular weight is 472 g/mol. The van der Waals surface area contributed by atoms with Crippen LogP contribution in [0.4, 0.5) is 0 Å². The number of ether oxygens (including phenoxy) is 1. The van der Waals surface area contributed by atoms with Crippen molar-refractivity contribution >= 4 is 22.8 Å². The van der Waals surface area contributed by atoms with Crippen molar-refractivity contribution in [2.45, 2.75) is 25.8 Å². The van der Waals surface area contributed by atoms with Crippen LogP contribution in [0.2, 0.25) is 0 Å². The molecular formula is C28H25NO6. The van der Waals surface area contributed by atoms with Crippen LogP contribution in [0, 0.1) is 6.92 Å². The van der Waals surface area contributed by atoms with Gasteiger partial charge in [0.2, 0.25) is 0 Å². The Kier molecular flexibility index (Phi) is 7.26. The molecule has 0 spiro atoms. The Bertz CT molecular complexity index is 1400. The van der Waals surface area contributed by atoms with E-state index < -0.39 is 23.5 Å². The summed E-state index contributed by atoms with van der Waals surface area (Å²) in [5, 5.41) is 12.7. The number of carbonyl (C=O) groups is 2. The molecule has 7 heteroatoms. The molecule has 0 saturated carbocycles. The minimum atomic E-state index is -1.13. The molecule has 1 atom stereocenters. The summed E-state index contributed by atoms with van der Waals surface area (Å²) in [6.07, 6.45) is 0.630. The summed E-state index contributed by atoms with van der Waals surface area (Å²) in [6, 6.07) is 22.7. The van der Waals surface area contributed by atoms with Crippen molar-refractivity contribution in [3.05, 3.63) is 112 Å². The number of amides is 1. The molecule has 4 aromatic rings. The van der Waals surface area contributed by atoms with Gasteiger partial charge in [0.05, 0.1) is 0 Å². The van der Waals surface area contributed by atoms with E-state index in [0.717, 1.165) is 22.1 Å². The fraction of sp³-hybridized carbons (Fsp3) is 0.179. The summed E-state index contributed by atoms with van der Waals surface area (Å²) < 4.78 is 11.1. The first-order valence-electron chi connectivity index (χ1n) is 11.2. The van der Waals surface area contributed by atoms with Gasteiger partial charge in [0.1, 0.15) is 17.4 Å². The number of aliphatic carboxylic acids is 1. The molecule has 0 fully saturated rings. The van der Waals surface area contributed by atoms with E-state index in [9.17, 15) is 19.5 Å². The van der Waals surface area contributed by atoms with Gasteiger partial charge in [-0.25, -0.2) is 9.59 Å². The highest BCUT2D eigenvalue weighted by Gasteiger charge is 2.21. The van der Waals surface area contributed by atoms with Crippen LogP contribution in [0.15, 0.2) is 88.1 Å². The quantitative estimate of drug-likeness (QED) is 0.359. The lowest BCUT2D eigenvalue weighted by atomic mass is 10.00. The summed E-state index contributed by atoms with van der Waals surface area (Å²) in [5.41, 5.74) is 3.17. The molecule has 0 aliphatic carbocycles. The molecule has 178 valence electrons. The van der Waals surface area contributed by atoms with Crippen LogP contribution in [0.3, 0.4) is 0 Å². The molecule has 2 N–H and O–H groups in total. The Morgan fingerprint density at radius 3 is 2.29 bits per heavy atom. The van der Waals surface area contributed by atoms with Crippen LogP contribution in [0.5, 0.6) is 5.75 Å². The molecule has 35 heavy (non-hydrogen) atoms.